The molecule has 0 radical (unpaired) electrons. The van der Waals surface area contributed by atoms with Crippen molar-refractivity contribution in [1.29, 1.82) is 0 Å². The van der Waals surface area contributed by atoms with Gasteiger partial charge in [-0.15, -0.1) is 0 Å². The minimum atomic E-state index is -0.732. The molecule has 1 amide bonds. The summed E-state index contributed by atoms with van der Waals surface area (Å²) < 4.78 is 0. The van der Waals surface area contributed by atoms with Gasteiger partial charge in [-0.25, -0.2) is 0 Å². The van der Waals surface area contributed by atoms with Gasteiger partial charge in [0.1, 0.15) is 11.2 Å². The molecule has 2 atom stereocenters. The standard InChI is InChI=1S/C16H28N2O2/c1-15(2)12-7-8-16(15,13(19)11-12)14(20)18(5)10-6-9-17(3)4/h12H,6-11H2,1-5H3. The van der Waals surface area contributed by atoms with Crippen molar-refractivity contribution in [3.8, 4) is 0 Å². The van der Waals surface area contributed by atoms with E-state index in [1.807, 2.05) is 21.1 Å². The fraction of sp³-hybridized carbons (Fsp3) is 0.875. The summed E-state index contributed by atoms with van der Waals surface area (Å²) in [6.07, 6.45) is 3.32. The predicted molar refractivity (Wildman–Crippen MR) is 79.4 cm³/mol. The molecule has 2 aliphatic rings. The lowest BCUT2D eigenvalue weighted by Crippen LogP contribution is -2.50. The molecule has 2 unspecified atom stereocenters. The topological polar surface area (TPSA) is 40.6 Å². The minimum Gasteiger partial charge on any atom is -0.345 e. The number of hydrogen-bond acceptors (Lipinski definition) is 3. The van der Waals surface area contributed by atoms with Crippen molar-refractivity contribution in [3.63, 3.8) is 0 Å². The molecule has 0 aromatic rings. The molecule has 2 saturated carbocycles. The molecule has 0 aromatic carbocycles. The summed E-state index contributed by atoms with van der Waals surface area (Å²) in [7, 11) is 5.92. The van der Waals surface area contributed by atoms with Crippen LogP contribution in [0.3, 0.4) is 0 Å². The second-order valence-corrected chi connectivity index (χ2v) is 7.37. The van der Waals surface area contributed by atoms with Gasteiger partial charge in [0.15, 0.2) is 0 Å². The number of Topliss-reactive ketones (excluding diaryl/α,β-unsaturated/α-hetero) is 1. The van der Waals surface area contributed by atoms with Crippen molar-refractivity contribution in [2.45, 2.75) is 39.5 Å². The first-order chi connectivity index (χ1) is 9.23. The number of hydrogen-bond donors (Lipinski definition) is 0. The van der Waals surface area contributed by atoms with Gasteiger partial charge in [0, 0.05) is 20.0 Å². The van der Waals surface area contributed by atoms with Crippen LogP contribution < -0.4 is 0 Å². The Morgan fingerprint density at radius 1 is 1.25 bits per heavy atom. The Morgan fingerprint density at radius 2 is 1.90 bits per heavy atom. The van der Waals surface area contributed by atoms with Crippen LogP contribution in [0, 0.1) is 16.7 Å². The van der Waals surface area contributed by atoms with E-state index in [1.165, 1.54) is 0 Å². The number of rotatable bonds is 5. The van der Waals surface area contributed by atoms with Crippen LogP contribution in [0.15, 0.2) is 0 Å². The van der Waals surface area contributed by atoms with Gasteiger partial charge >= 0.3 is 0 Å². The van der Waals surface area contributed by atoms with Crippen molar-refractivity contribution < 1.29 is 9.59 Å². The molecule has 0 aromatic heterocycles. The molecule has 20 heavy (non-hydrogen) atoms. The van der Waals surface area contributed by atoms with Crippen molar-refractivity contribution in [3.05, 3.63) is 0 Å². The Bertz CT molecular complexity index is 417. The summed E-state index contributed by atoms with van der Waals surface area (Å²) in [4.78, 5) is 29.3. The van der Waals surface area contributed by atoms with E-state index >= 15 is 0 Å². The van der Waals surface area contributed by atoms with E-state index < -0.39 is 5.41 Å². The minimum absolute atomic E-state index is 0.0613. The van der Waals surface area contributed by atoms with Crippen LogP contribution in [0.1, 0.15) is 39.5 Å². The van der Waals surface area contributed by atoms with Crippen molar-refractivity contribution >= 4 is 11.7 Å². The summed E-state index contributed by atoms with van der Waals surface area (Å²) in [5, 5.41) is 0. The van der Waals surface area contributed by atoms with Crippen LogP contribution in [-0.4, -0.2) is 55.7 Å². The van der Waals surface area contributed by atoms with E-state index in [4.69, 9.17) is 0 Å². The molecule has 2 bridgehead atoms. The third kappa shape index (κ3) is 2.09. The van der Waals surface area contributed by atoms with Gasteiger partial charge in [0.2, 0.25) is 5.91 Å². The first-order valence-electron chi connectivity index (χ1n) is 7.67. The monoisotopic (exact) mass is 280 g/mol. The molecular formula is C16H28N2O2. The maximum absolute atomic E-state index is 12.9. The van der Waals surface area contributed by atoms with Crippen LogP contribution in [0.5, 0.6) is 0 Å². The highest BCUT2D eigenvalue weighted by Crippen LogP contribution is 2.64. The highest BCUT2D eigenvalue weighted by molar-refractivity contribution is 6.09. The number of carbonyl (C=O) groups excluding carboxylic acids is 2. The quantitative estimate of drug-likeness (QED) is 0.721. The molecule has 4 heteroatoms. The van der Waals surface area contributed by atoms with Crippen LogP contribution >= 0.6 is 0 Å². The Balaban J connectivity index is 2.09. The second kappa shape index (κ2) is 5.14. The molecule has 0 heterocycles. The largest absolute Gasteiger partial charge is 0.345 e. The smallest absolute Gasteiger partial charge is 0.236 e. The van der Waals surface area contributed by atoms with Gasteiger partial charge < -0.3 is 9.80 Å². The fourth-order valence-corrected chi connectivity index (χ4v) is 4.23. The fourth-order valence-electron chi connectivity index (χ4n) is 4.23. The van der Waals surface area contributed by atoms with Crippen molar-refractivity contribution in [2.24, 2.45) is 16.7 Å². The highest BCUT2D eigenvalue weighted by atomic mass is 16.2. The molecule has 0 spiro atoms. The maximum Gasteiger partial charge on any atom is 0.236 e. The Kier molecular flexibility index (Phi) is 3.98. The zero-order valence-corrected chi connectivity index (χ0v) is 13.5. The van der Waals surface area contributed by atoms with Crippen LogP contribution in [0.4, 0.5) is 0 Å². The first-order valence-corrected chi connectivity index (χ1v) is 7.67. The van der Waals surface area contributed by atoms with Gasteiger partial charge in [0.05, 0.1) is 0 Å². The summed E-state index contributed by atoms with van der Waals surface area (Å²) in [5.41, 5.74) is -0.901. The Morgan fingerprint density at radius 3 is 2.35 bits per heavy atom. The van der Waals surface area contributed by atoms with Gasteiger partial charge in [-0.2, -0.15) is 0 Å². The van der Waals surface area contributed by atoms with Crippen LogP contribution in [0.2, 0.25) is 0 Å². The van der Waals surface area contributed by atoms with Gasteiger partial charge in [-0.05, 0) is 51.2 Å². The Labute approximate surface area is 122 Å². The number of carbonyl (C=O) groups is 2. The zero-order valence-electron chi connectivity index (χ0n) is 13.5. The van der Waals surface area contributed by atoms with E-state index in [2.05, 4.69) is 18.7 Å². The molecule has 0 saturated heterocycles. The third-order valence-corrected chi connectivity index (χ3v) is 5.71. The second-order valence-electron chi connectivity index (χ2n) is 7.37. The zero-order chi connectivity index (χ0) is 15.1. The number of fused-ring (bicyclic) bond motifs is 2. The lowest BCUT2D eigenvalue weighted by molar-refractivity contribution is -0.152. The molecule has 114 valence electrons. The normalized spacial score (nSPS) is 31.1. The number of amides is 1. The van der Waals surface area contributed by atoms with Crippen molar-refractivity contribution in [2.75, 3.05) is 34.2 Å². The van der Waals surface area contributed by atoms with E-state index in [9.17, 15) is 9.59 Å². The lowest BCUT2D eigenvalue weighted by atomic mass is 9.68. The molecule has 0 N–H and O–H groups in total. The molecular weight excluding hydrogens is 252 g/mol. The highest BCUT2D eigenvalue weighted by Gasteiger charge is 2.68. The third-order valence-electron chi connectivity index (χ3n) is 5.71. The Hall–Kier alpha value is -0.900. The van der Waals surface area contributed by atoms with E-state index in [1.54, 1.807) is 4.90 Å². The predicted octanol–water partition coefficient (Wildman–Crippen LogP) is 1.79. The molecule has 0 aliphatic heterocycles. The van der Waals surface area contributed by atoms with Gasteiger partial charge in [0.25, 0.3) is 0 Å². The number of ketones is 1. The summed E-state index contributed by atoms with van der Waals surface area (Å²) in [5.74, 6) is 0.642. The average molecular weight is 280 g/mol. The van der Waals surface area contributed by atoms with E-state index in [-0.39, 0.29) is 17.1 Å². The van der Waals surface area contributed by atoms with Gasteiger partial charge in [-0.3, -0.25) is 9.59 Å². The SMILES string of the molecule is CN(C)CCCN(C)C(=O)C12CCC(CC1=O)C2(C)C. The first kappa shape index (κ1) is 15.5. The maximum atomic E-state index is 12.9. The summed E-state index contributed by atoms with van der Waals surface area (Å²) in [6.45, 7) is 5.92. The molecule has 2 aliphatic carbocycles. The average Bonchev–Trinajstić information content (AvgIpc) is 2.71. The van der Waals surface area contributed by atoms with Crippen LogP contribution in [0.25, 0.3) is 0 Å². The van der Waals surface area contributed by atoms with Crippen molar-refractivity contribution in [1.82, 2.24) is 9.80 Å². The van der Waals surface area contributed by atoms with Gasteiger partial charge in [-0.1, -0.05) is 13.8 Å². The van der Waals surface area contributed by atoms with Crippen LogP contribution in [-0.2, 0) is 9.59 Å². The van der Waals surface area contributed by atoms with E-state index in [0.717, 1.165) is 32.4 Å². The van der Waals surface area contributed by atoms with E-state index in [0.29, 0.717) is 12.3 Å². The molecule has 2 rings (SSSR count). The summed E-state index contributed by atoms with van der Waals surface area (Å²) >= 11 is 0. The molecule has 2 fully saturated rings. The molecule has 4 nitrogen and oxygen atoms in total. The number of nitrogens with zero attached hydrogens (tertiary/aromatic N) is 2. The summed E-state index contributed by atoms with van der Waals surface area (Å²) in [6, 6.07) is 0. The lowest BCUT2D eigenvalue weighted by Gasteiger charge is -2.38.